The zero-order chi connectivity index (χ0) is 28.8. The molecule has 8 nitrogen and oxygen atoms in total. The van der Waals surface area contributed by atoms with E-state index < -0.39 is 17.1 Å². The minimum atomic E-state index is -0.446. The Balaban J connectivity index is 1.39. The number of amides is 3. The molecule has 208 valence electrons. The molecule has 0 saturated carbocycles. The topological polar surface area (TPSA) is 94.2 Å². The SMILES string of the molecule is COc1cc(/C=C2\SC(=O)N(CCOc3ccc(Cl)cc3)C2=O)cc(Cl)c1OCC(=O)Nc1ccc(C)c(Cl)c1. The summed E-state index contributed by atoms with van der Waals surface area (Å²) in [4.78, 5) is 39.1. The summed E-state index contributed by atoms with van der Waals surface area (Å²) >= 11 is 19.2. The third kappa shape index (κ3) is 7.42. The standard InChI is InChI=1S/C28H23Cl3N2O6S/c1-16-3-6-19(14-21(16)30)32-25(34)15-39-26-22(31)11-17(12-23(26)37-2)13-24-27(35)33(28(36)40-24)9-10-38-20-7-4-18(29)5-8-20/h3-8,11-14H,9-10,15H2,1-2H3,(H,32,34)/b24-13-. The van der Waals surface area contributed by atoms with Crippen molar-refractivity contribution in [1.29, 1.82) is 0 Å². The van der Waals surface area contributed by atoms with E-state index in [1.54, 1.807) is 54.6 Å². The molecule has 0 atom stereocenters. The Labute approximate surface area is 250 Å². The minimum Gasteiger partial charge on any atom is -0.493 e. The van der Waals surface area contributed by atoms with Crippen molar-refractivity contribution in [1.82, 2.24) is 4.90 Å². The third-order valence-corrected chi connectivity index (χ3v) is 7.47. The van der Waals surface area contributed by atoms with Gasteiger partial charge in [-0.2, -0.15) is 0 Å². The van der Waals surface area contributed by atoms with E-state index in [9.17, 15) is 14.4 Å². The Kier molecular flexibility index (Phi) is 9.86. The Morgan fingerprint density at radius 1 is 1.00 bits per heavy atom. The number of ether oxygens (including phenoxy) is 3. The van der Waals surface area contributed by atoms with Crippen LogP contribution in [0.4, 0.5) is 10.5 Å². The number of methoxy groups -OCH3 is 1. The lowest BCUT2D eigenvalue weighted by Crippen LogP contribution is -2.32. The number of imide groups is 1. The van der Waals surface area contributed by atoms with Crippen LogP contribution in [0.1, 0.15) is 11.1 Å². The lowest BCUT2D eigenvalue weighted by atomic mass is 10.1. The fourth-order valence-electron chi connectivity index (χ4n) is 3.60. The maximum absolute atomic E-state index is 12.9. The number of anilines is 1. The molecule has 0 spiro atoms. The molecule has 1 aliphatic rings. The van der Waals surface area contributed by atoms with Crippen LogP contribution in [-0.2, 0) is 9.59 Å². The number of aryl methyl sites for hydroxylation is 1. The number of halogens is 3. The first-order chi connectivity index (χ1) is 19.1. The van der Waals surface area contributed by atoms with Crippen molar-refractivity contribution in [3.63, 3.8) is 0 Å². The lowest BCUT2D eigenvalue weighted by molar-refractivity contribution is -0.123. The van der Waals surface area contributed by atoms with Crippen LogP contribution in [0.2, 0.25) is 15.1 Å². The molecule has 3 aromatic carbocycles. The summed E-state index contributed by atoms with van der Waals surface area (Å²) in [5.41, 5.74) is 1.93. The smallest absolute Gasteiger partial charge is 0.293 e. The van der Waals surface area contributed by atoms with Gasteiger partial charge in [0.25, 0.3) is 17.1 Å². The van der Waals surface area contributed by atoms with E-state index in [-0.39, 0.29) is 41.2 Å². The molecule has 0 aromatic heterocycles. The Morgan fingerprint density at radius 3 is 2.45 bits per heavy atom. The van der Waals surface area contributed by atoms with Gasteiger partial charge in [-0.05, 0) is 84.4 Å². The number of benzene rings is 3. The van der Waals surface area contributed by atoms with Crippen LogP contribution in [-0.4, -0.2) is 48.8 Å². The van der Waals surface area contributed by atoms with Gasteiger partial charge in [-0.25, -0.2) is 0 Å². The minimum absolute atomic E-state index is 0.0817. The highest BCUT2D eigenvalue weighted by Gasteiger charge is 2.35. The molecule has 3 amide bonds. The van der Waals surface area contributed by atoms with E-state index in [4.69, 9.17) is 49.0 Å². The van der Waals surface area contributed by atoms with Gasteiger partial charge in [-0.15, -0.1) is 0 Å². The normalized spacial score (nSPS) is 14.0. The molecule has 0 aliphatic carbocycles. The Bertz CT molecular complexity index is 1480. The highest BCUT2D eigenvalue weighted by Crippen LogP contribution is 2.39. The molecule has 1 aliphatic heterocycles. The van der Waals surface area contributed by atoms with Crippen LogP contribution in [0.5, 0.6) is 17.2 Å². The first-order valence-electron chi connectivity index (χ1n) is 11.8. The lowest BCUT2D eigenvalue weighted by Gasteiger charge is -2.14. The van der Waals surface area contributed by atoms with Crippen molar-refractivity contribution >= 4 is 75.4 Å². The summed E-state index contributed by atoms with van der Waals surface area (Å²) in [6, 6.07) is 15.1. The first kappa shape index (κ1) is 29.6. The van der Waals surface area contributed by atoms with Crippen LogP contribution < -0.4 is 19.5 Å². The summed E-state index contributed by atoms with van der Waals surface area (Å²) < 4.78 is 16.6. The molecule has 1 heterocycles. The van der Waals surface area contributed by atoms with Crippen LogP contribution in [0.3, 0.4) is 0 Å². The molecular weight excluding hydrogens is 599 g/mol. The predicted molar refractivity (Wildman–Crippen MR) is 158 cm³/mol. The first-order valence-corrected chi connectivity index (χ1v) is 13.8. The number of thioether (sulfide) groups is 1. The largest absolute Gasteiger partial charge is 0.493 e. The maximum atomic E-state index is 12.9. The molecule has 0 radical (unpaired) electrons. The monoisotopic (exact) mass is 620 g/mol. The second-order valence-corrected chi connectivity index (χ2v) is 10.7. The zero-order valence-electron chi connectivity index (χ0n) is 21.3. The highest BCUT2D eigenvalue weighted by molar-refractivity contribution is 8.18. The molecule has 12 heteroatoms. The van der Waals surface area contributed by atoms with Crippen molar-refractivity contribution in [2.75, 3.05) is 32.2 Å². The van der Waals surface area contributed by atoms with Gasteiger partial charge in [0.1, 0.15) is 12.4 Å². The van der Waals surface area contributed by atoms with E-state index in [0.717, 1.165) is 22.2 Å². The Hall–Kier alpha value is -3.37. The van der Waals surface area contributed by atoms with Gasteiger partial charge >= 0.3 is 0 Å². The van der Waals surface area contributed by atoms with Crippen molar-refractivity contribution in [2.24, 2.45) is 0 Å². The van der Waals surface area contributed by atoms with Crippen molar-refractivity contribution in [2.45, 2.75) is 6.92 Å². The van der Waals surface area contributed by atoms with Crippen LogP contribution >= 0.6 is 46.6 Å². The number of rotatable bonds is 10. The molecule has 0 bridgehead atoms. The average molecular weight is 622 g/mol. The molecule has 0 unspecified atom stereocenters. The molecule has 1 fully saturated rings. The second kappa shape index (κ2) is 13.3. The van der Waals surface area contributed by atoms with Crippen molar-refractivity contribution in [3.8, 4) is 17.2 Å². The van der Waals surface area contributed by atoms with E-state index in [0.29, 0.717) is 27.0 Å². The number of nitrogens with zero attached hydrogens (tertiary/aromatic N) is 1. The van der Waals surface area contributed by atoms with Crippen LogP contribution in [0, 0.1) is 6.92 Å². The van der Waals surface area contributed by atoms with Crippen LogP contribution in [0.25, 0.3) is 6.08 Å². The summed E-state index contributed by atoms with van der Waals surface area (Å²) in [6.07, 6.45) is 1.54. The molecule has 1 N–H and O–H groups in total. The molecular formula is C28H23Cl3N2O6S. The van der Waals surface area contributed by atoms with E-state index >= 15 is 0 Å². The Morgan fingerprint density at radius 2 is 1.75 bits per heavy atom. The summed E-state index contributed by atoms with van der Waals surface area (Å²) in [5, 5.41) is 3.56. The van der Waals surface area contributed by atoms with Crippen molar-refractivity contribution in [3.05, 3.63) is 85.7 Å². The summed E-state index contributed by atoms with van der Waals surface area (Å²) in [5.74, 6) is 0.119. The number of hydrogen-bond acceptors (Lipinski definition) is 7. The number of carbonyl (C=O) groups is 3. The fourth-order valence-corrected chi connectivity index (χ4v) is 5.04. The molecule has 4 rings (SSSR count). The molecule has 1 saturated heterocycles. The van der Waals surface area contributed by atoms with Gasteiger partial charge in [0.2, 0.25) is 0 Å². The molecule has 3 aromatic rings. The highest BCUT2D eigenvalue weighted by atomic mass is 35.5. The van der Waals surface area contributed by atoms with Gasteiger partial charge in [0.05, 0.1) is 23.6 Å². The van der Waals surface area contributed by atoms with Gasteiger partial charge in [0.15, 0.2) is 18.1 Å². The van der Waals surface area contributed by atoms with E-state index in [1.807, 2.05) is 6.92 Å². The summed E-state index contributed by atoms with van der Waals surface area (Å²) in [6.45, 7) is 1.73. The van der Waals surface area contributed by atoms with Crippen LogP contribution in [0.15, 0.2) is 59.5 Å². The average Bonchev–Trinajstić information content (AvgIpc) is 3.18. The third-order valence-electron chi connectivity index (χ3n) is 5.62. The quantitative estimate of drug-likeness (QED) is 0.241. The number of carbonyl (C=O) groups excluding carboxylic acids is 3. The number of nitrogens with one attached hydrogen (secondary N) is 1. The predicted octanol–water partition coefficient (Wildman–Crippen LogP) is 7.10. The van der Waals surface area contributed by atoms with E-state index in [2.05, 4.69) is 5.32 Å². The fraction of sp³-hybridized carbons (Fsp3) is 0.179. The van der Waals surface area contributed by atoms with E-state index in [1.165, 1.54) is 13.2 Å². The van der Waals surface area contributed by atoms with Gasteiger partial charge in [-0.3, -0.25) is 19.3 Å². The zero-order valence-corrected chi connectivity index (χ0v) is 24.4. The summed E-state index contributed by atoms with van der Waals surface area (Å²) in [7, 11) is 1.42. The van der Waals surface area contributed by atoms with Gasteiger partial charge < -0.3 is 19.5 Å². The second-order valence-electron chi connectivity index (χ2n) is 8.47. The van der Waals surface area contributed by atoms with Crippen molar-refractivity contribution < 1.29 is 28.6 Å². The maximum Gasteiger partial charge on any atom is 0.293 e. The van der Waals surface area contributed by atoms with Gasteiger partial charge in [0, 0.05) is 15.7 Å². The number of hydrogen-bond donors (Lipinski definition) is 1. The van der Waals surface area contributed by atoms with Gasteiger partial charge in [-0.1, -0.05) is 40.9 Å². The molecule has 40 heavy (non-hydrogen) atoms.